The molecule has 0 radical (unpaired) electrons. The highest BCUT2D eigenvalue weighted by atomic mass is 32.2. The average Bonchev–Trinajstić information content (AvgIpc) is 2.99. The van der Waals surface area contributed by atoms with Gasteiger partial charge in [0.25, 0.3) is 5.91 Å². The Morgan fingerprint density at radius 2 is 1.69 bits per heavy atom. The number of anilines is 1. The van der Waals surface area contributed by atoms with E-state index in [1.807, 2.05) is 39.0 Å². The van der Waals surface area contributed by atoms with Crippen molar-refractivity contribution in [2.75, 3.05) is 18.4 Å². The van der Waals surface area contributed by atoms with Crippen LogP contribution in [0.5, 0.6) is 0 Å². The Kier molecular flexibility index (Phi) is 6.75. The summed E-state index contributed by atoms with van der Waals surface area (Å²) >= 11 is 0. The van der Waals surface area contributed by atoms with Gasteiger partial charge in [0.2, 0.25) is 10.0 Å². The van der Waals surface area contributed by atoms with E-state index in [-0.39, 0.29) is 10.8 Å². The molecule has 1 amide bonds. The van der Waals surface area contributed by atoms with Crippen LogP contribution in [0.4, 0.5) is 5.69 Å². The van der Waals surface area contributed by atoms with Crippen LogP contribution in [0, 0.1) is 13.8 Å². The zero-order valence-electron chi connectivity index (χ0n) is 17.5. The first kappa shape index (κ1) is 21.5. The van der Waals surface area contributed by atoms with Crippen molar-refractivity contribution in [2.24, 2.45) is 0 Å². The molecule has 1 heterocycles. The summed E-state index contributed by atoms with van der Waals surface area (Å²) in [5, 5.41) is 3.01. The lowest BCUT2D eigenvalue weighted by Crippen LogP contribution is -2.32. The van der Waals surface area contributed by atoms with Gasteiger partial charge in [-0.3, -0.25) is 4.79 Å². The standard InChI is InChI=1S/C23H30N2O3S/c1-4-19-11-9-10-18(3)22(19)24-23(26)21-16-20(13-12-17(21)2)29(27,28)25-14-7-5-6-8-15-25/h9-13,16H,4-8,14-15H2,1-3H3,(H,24,26). The van der Waals surface area contributed by atoms with E-state index in [0.29, 0.717) is 18.7 Å². The molecule has 0 spiro atoms. The molecule has 0 unspecified atom stereocenters. The van der Waals surface area contributed by atoms with E-state index in [1.54, 1.807) is 16.4 Å². The van der Waals surface area contributed by atoms with Crippen LogP contribution in [-0.2, 0) is 16.4 Å². The van der Waals surface area contributed by atoms with Crippen molar-refractivity contribution in [1.29, 1.82) is 0 Å². The van der Waals surface area contributed by atoms with E-state index in [1.165, 1.54) is 6.07 Å². The zero-order chi connectivity index (χ0) is 21.0. The van der Waals surface area contributed by atoms with Gasteiger partial charge in [-0.15, -0.1) is 0 Å². The van der Waals surface area contributed by atoms with Crippen molar-refractivity contribution < 1.29 is 13.2 Å². The smallest absolute Gasteiger partial charge is 0.255 e. The highest BCUT2D eigenvalue weighted by molar-refractivity contribution is 7.89. The SMILES string of the molecule is CCc1cccc(C)c1NC(=O)c1cc(S(=O)(=O)N2CCCCCC2)ccc1C. The van der Waals surface area contributed by atoms with Crippen LogP contribution in [0.1, 0.15) is 59.7 Å². The summed E-state index contributed by atoms with van der Waals surface area (Å²) in [6.45, 7) is 6.92. The van der Waals surface area contributed by atoms with Crippen molar-refractivity contribution in [3.63, 3.8) is 0 Å². The van der Waals surface area contributed by atoms with Crippen LogP contribution < -0.4 is 5.32 Å². The fraction of sp³-hybridized carbons (Fsp3) is 0.435. The van der Waals surface area contributed by atoms with E-state index in [4.69, 9.17) is 0 Å². The predicted octanol–water partition coefficient (Wildman–Crippen LogP) is 4.68. The molecule has 5 nitrogen and oxygen atoms in total. The van der Waals surface area contributed by atoms with Gasteiger partial charge in [-0.1, -0.05) is 44.0 Å². The fourth-order valence-electron chi connectivity index (χ4n) is 3.82. The third kappa shape index (κ3) is 4.70. The summed E-state index contributed by atoms with van der Waals surface area (Å²) in [7, 11) is -3.60. The molecular formula is C23H30N2O3S. The maximum absolute atomic E-state index is 13.1. The number of hydrogen-bond acceptors (Lipinski definition) is 3. The topological polar surface area (TPSA) is 66.5 Å². The van der Waals surface area contributed by atoms with Crippen molar-refractivity contribution in [3.05, 3.63) is 58.7 Å². The van der Waals surface area contributed by atoms with Crippen molar-refractivity contribution in [1.82, 2.24) is 4.31 Å². The molecule has 1 aliphatic rings. The van der Waals surface area contributed by atoms with Crippen molar-refractivity contribution in [2.45, 2.75) is 57.8 Å². The number of hydrogen-bond donors (Lipinski definition) is 1. The number of carbonyl (C=O) groups excluding carboxylic acids is 1. The van der Waals surface area contributed by atoms with Gasteiger partial charge in [0.1, 0.15) is 0 Å². The van der Waals surface area contributed by atoms with Gasteiger partial charge in [-0.05, 0) is 61.9 Å². The average molecular weight is 415 g/mol. The lowest BCUT2D eigenvalue weighted by atomic mass is 10.0. The Labute approximate surface area is 174 Å². The number of aryl methyl sites for hydroxylation is 3. The van der Waals surface area contributed by atoms with Crippen LogP contribution >= 0.6 is 0 Å². The molecule has 0 saturated carbocycles. The quantitative estimate of drug-likeness (QED) is 0.772. The summed E-state index contributed by atoms with van der Waals surface area (Å²) in [5.41, 5.74) is 4.00. The molecule has 3 rings (SSSR count). The molecule has 0 bridgehead atoms. The van der Waals surface area contributed by atoms with Crippen LogP contribution in [0.15, 0.2) is 41.3 Å². The van der Waals surface area contributed by atoms with Gasteiger partial charge in [0.05, 0.1) is 4.90 Å². The summed E-state index contributed by atoms with van der Waals surface area (Å²) in [6, 6.07) is 10.8. The summed E-state index contributed by atoms with van der Waals surface area (Å²) < 4.78 is 27.8. The number of sulfonamides is 1. The van der Waals surface area contributed by atoms with Gasteiger partial charge in [-0.25, -0.2) is 8.42 Å². The highest BCUT2D eigenvalue weighted by Gasteiger charge is 2.26. The largest absolute Gasteiger partial charge is 0.321 e. The minimum atomic E-state index is -3.60. The second-order valence-corrected chi connectivity index (χ2v) is 9.65. The van der Waals surface area contributed by atoms with Gasteiger partial charge >= 0.3 is 0 Å². The molecule has 2 aromatic rings. The lowest BCUT2D eigenvalue weighted by Gasteiger charge is -2.21. The Balaban J connectivity index is 1.92. The molecule has 0 atom stereocenters. The minimum absolute atomic E-state index is 0.190. The van der Waals surface area contributed by atoms with Gasteiger partial charge < -0.3 is 5.32 Å². The number of nitrogens with one attached hydrogen (secondary N) is 1. The van der Waals surface area contributed by atoms with Crippen LogP contribution in [0.3, 0.4) is 0 Å². The Morgan fingerprint density at radius 1 is 1.00 bits per heavy atom. The van der Waals surface area contributed by atoms with E-state index in [9.17, 15) is 13.2 Å². The van der Waals surface area contributed by atoms with Crippen molar-refractivity contribution in [3.8, 4) is 0 Å². The number of benzene rings is 2. The molecule has 1 fully saturated rings. The Bertz CT molecular complexity index is 991. The third-order valence-corrected chi connectivity index (χ3v) is 7.53. The number of carbonyl (C=O) groups is 1. The lowest BCUT2D eigenvalue weighted by molar-refractivity contribution is 0.102. The van der Waals surface area contributed by atoms with E-state index >= 15 is 0 Å². The van der Waals surface area contributed by atoms with E-state index < -0.39 is 10.0 Å². The second kappa shape index (κ2) is 9.09. The maximum Gasteiger partial charge on any atom is 0.255 e. The minimum Gasteiger partial charge on any atom is -0.321 e. The second-order valence-electron chi connectivity index (χ2n) is 7.71. The molecule has 1 aliphatic heterocycles. The van der Waals surface area contributed by atoms with E-state index in [0.717, 1.165) is 54.5 Å². The summed E-state index contributed by atoms with van der Waals surface area (Å²) in [5.74, 6) is -0.278. The zero-order valence-corrected chi connectivity index (χ0v) is 18.3. The summed E-state index contributed by atoms with van der Waals surface area (Å²) in [6.07, 6.45) is 4.68. The van der Waals surface area contributed by atoms with Gasteiger partial charge in [-0.2, -0.15) is 4.31 Å². The van der Waals surface area contributed by atoms with Crippen LogP contribution in [0.2, 0.25) is 0 Å². The number of para-hydroxylation sites is 1. The maximum atomic E-state index is 13.1. The molecule has 0 aliphatic carbocycles. The molecular weight excluding hydrogens is 384 g/mol. The van der Waals surface area contributed by atoms with Gasteiger partial charge in [0.15, 0.2) is 0 Å². The fourth-order valence-corrected chi connectivity index (χ4v) is 5.36. The van der Waals surface area contributed by atoms with Crippen molar-refractivity contribution >= 4 is 21.6 Å². The van der Waals surface area contributed by atoms with E-state index in [2.05, 4.69) is 5.32 Å². The first-order chi connectivity index (χ1) is 13.8. The number of nitrogens with zero attached hydrogens (tertiary/aromatic N) is 1. The molecule has 0 aromatic heterocycles. The molecule has 2 aromatic carbocycles. The monoisotopic (exact) mass is 414 g/mol. The molecule has 6 heteroatoms. The first-order valence-electron chi connectivity index (χ1n) is 10.3. The molecule has 1 N–H and O–H groups in total. The third-order valence-electron chi connectivity index (χ3n) is 5.63. The predicted molar refractivity (Wildman–Crippen MR) is 117 cm³/mol. The molecule has 29 heavy (non-hydrogen) atoms. The van der Waals surface area contributed by atoms with Crippen LogP contribution in [0.25, 0.3) is 0 Å². The van der Waals surface area contributed by atoms with Crippen LogP contribution in [-0.4, -0.2) is 31.7 Å². The summed E-state index contributed by atoms with van der Waals surface area (Å²) in [4.78, 5) is 13.2. The molecule has 156 valence electrons. The highest BCUT2D eigenvalue weighted by Crippen LogP contribution is 2.25. The Morgan fingerprint density at radius 3 is 2.34 bits per heavy atom. The Hall–Kier alpha value is -2.18. The number of rotatable bonds is 5. The normalized spacial score (nSPS) is 15.7. The number of amides is 1. The molecule has 1 saturated heterocycles. The van der Waals surface area contributed by atoms with Gasteiger partial charge in [0, 0.05) is 24.3 Å². The first-order valence-corrected chi connectivity index (χ1v) is 11.8.